The van der Waals surface area contributed by atoms with Crippen molar-refractivity contribution < 1.29 is 9.47 Å². The van der Waals surface area contributed by atoms with Gasteiger partial charge in [0.05, 0.1) is 12.0 Å². The Hall–Kier alpha value is -0.960. The zero-order valence-electron chi connectivity index (χ0n) is 17.2. The molecule has 0 saturated carbocycles. The topological polar surface area (TPSA) is 30.5 Å². The van der Waals surface area contributed by atoms with Crippen molar-refractivity contribution in [3.63, 3.8) is 0 Å². The minimum absolute atomic E-state index is 0.0701. The highest BCUT2D eigenvalue weighted by Gasteiger charge is 2.35. The first kappa shape index (κ1) is 20.4. The van der Waals surface area contributed by atoms with E-state index in [1.165, 1.54) is 12.2 Å². The molecule has 4 atom stereocenters. The lowest BCUT2D eigenvalue weighted by Gasteiger charge is -2.41. The molecule has 2 aliphatic rings. The lowest BCUT2D eigenvalue weighted by atomic mass is 9.64. The van der Waals surface area contributed by atoms with E-state index < -0.39 is 0 Å². The van der Waals surface area contributed by atoms with E-state index in [1.807, 2.05) is 6.26 Å². The molecule has 1 heterocycles. The molecule has 0 saturated heterocycles. The summed E-state index contributed by atoms with van der Waals surface area (Å²) in [5.74, 6) is 3.45. The Morgan fingerprint density at radius 1 is 1.24 bits per heavy atom. The van der Waals surface area contributed by atoms with Crippen molar-refractivity contribution in [2.24, 2.45) is 23.2 Å². The maximum Gasteiger partial charge on any atom is 0.146 e. The summed E-state index contributed by atoms with van der Waals surface area (Å²) in [4.78, 5) is 0. The summed E-state index contributed by atoms with van der Waals surface area (Å²) >= 11 is 0. The zero-order valence-corrected chi connectivity index (χ0v) is 17.2. The van der Waals surface area contributed by atoms with Crippen molar-refractivity contribution in [3.05, 3.63) is 24.2 Å². The van der Waals surface area contributed by atoms with Gasteiger partial charge in [-0.25, -0.2) is 0 Å². The Balaban J connectivity index is 1.74. The van der Waals surface area contributed by atoms with Crippen molar-refractivity contribution >= 4 is 0 Å². The Bertz CT molecular complexity index is 453. The minimum atomic E-state index is 0.0701. The second-order valence-corrected chi connectivity index (χ2v) is 9.21. The van der Waals surface area contributed by atoms with Crippen LogP contribution in [0, 0.1) is 23.2 Å². The molecule has 0 bridgehead atoms. The van der Waals surface area contributed by atoms with Crippen molar-refractivity contribution in [2.45, 2.75) is 86.0 Å². The molecule has 2 rings (SSSR count). The van der Waals surface area contributed by atoms with Crippen molar-refractivity contribution in [3.8, 4) is 0 Å². The van der Waals surface area contributed by atoms with Gasteiger partial charge in [0, 0.05) is 19.4 Å². The maximum absolute atomic E-state index is 6.12. The Morgan fingerprint density at radius 2 is 2.00 bits per heavy atom. The highest BCUT2D eigenvalue weighted by atomic mass is 16.5. The van der Waals surface area contributed by atoms with Crippen molar-refractivity contribution in [1.29, 1.82) is 0 Å². The minimum Gasteiger partial charge on any atom is -0.498 e. The predicted octanol–water partition coefficient (Wildman–Crippen LogP) is 5.63. The molecule has 0 amide bonds. The van der Waals surface area contributed by atoms with E-state index in [9.17, 15) is 0 Å². The van der Waals surface area contributed by atoms with Crippen LogP contribution in [0.2, 0.25) is 0 Å². The summed E-state index contributed by atoms with van der Waals surface area (Å²) in [7, 11) is 0. The molecular weight excluding hydrogens is 310 g/mol. The quantitative estimate of drug-likeness (QED) is 0.576. The van der Waals surface area contributed by atoms with Gasteiger partial charge in [0.25, 0.3) is 0 Å². The molecule has 3 nitrogen and oxygen atoms in total. The zero-order chi connectivity index (χ0) is 18.4. The van der Waals surface area contributed by atoms with Crippen LogP contribution in [0.25, 0.3) is 0 Å². The fourth-order valence-corrected chi connectivity index (χ4v) is 4.85. The maximum atomic E-state index is 6.12. The first-order valence-corrected chi connectivity index (χ1v) is 10.2. The number of hydrogen-bond acceptors (Lipinski definition) is 3. The monoisotopic (exact) mass is 349 g/mol. The van der Waals surface area contributed by atoms with E-state index >= 15 is 0 Å². The summed E-state index contributed by atoms with van der Waals surface area (Å²) in [6.07, 6.45) is 12.2. The molecule has 0 spiro atoms. The largest absolute Gasteiger partial charge is 0.498 e. The Kier molecular flexibility index (Phi) is 7.42. The van der Waals surface area contributed by atoms with Gasteiger partial charge in [-0.15, -0.1) is 0 Å². The average molecular weight is 350 g/mol. The number of ether oxygens (including phenoxy) is 2. The normalized spacial score (nSPS) is 26.3. The van der Waals surface area contributed by atoms with Gasteiger partial charge in [-0.3, -0.25) is 5.32 Å². The van der Waals surface area contributed by atoms with E-state index in [0.29, 0.717) is 11.5 Å². The van der Waals surface area contributed by atoms with Gasteiger partial charge in [0.15, 0.2) is 0 Å². The summed E-state index contributed by atoms with van der Waals surface area (Å²) in [6.45, 7) is 15.0. The summed E-state index contributed by atoms with van der Waals surface area (Å²) in [5.41, 5.74) is 0.372. The smallest absolute Gasteiger partial charge is 0.146 e. The van der Waals surface area contributed by atoms with Crippen LogP contribution < -0.4 is 5.32 Å². The number of allylic oxidation sites excluding steroid dienone is 2. The molecule has 25 heavy (non-hydrogen) atoms. The number of nitrogens with one attached hydrogen (secondary N) is 1. The molecule has 0 aromatic heterocycles. The van der Waals surface area contributed by atoms with Crippen LogP contribution in [0.4, 0.5) is 0 Å². The number of hydrogen-bond donors (Lipinski definition) is 1. The highest BCUT2D eigenvalue weighted by Crippen LogP contribution is 2.43. The third kappa shape index (κ3) is 6.36. The van der Waals surface area contributed by atoms with Crippen LogP contribution >= 0.6 is 0 Å². The van der Waals surface area contributed by atoms with Crippen LogP contribution in [-0.2, 0) is 9.47 Å². The molecular formula is C22H39NO2. The van der Waals surface area contributed by atoms with Crippen molar-refractivity contribution in [2.75, 3.05) is 6.54 Å². The summed E-state index contributed by atoms with van der Waals surface area (Å²) in [5, 5.41) is 3.46. The van der Waals surface area contributed by atoms with Gasteiger partial charge in [-0.1, -0.05) is 34.6 Å². The van der Waals surface area contributed by atoms with Gasteiger partial charge in [0.2, 0.25) is 0 Å². The fourth-order valence-electron chi connectivity index (χ4n) is 4.85. The molecule has 0 aromatic carbocycles. The van der Waals surface area contributed by atoms with Gasteiger partial charge in [-0.05, 0) is 61.5 Å². The van der Waals surface area contributed by atoms with E-state index in [2.05, 4.69) is 59.0 Å². The highest BCUT2D eigenvalue weighted by molar-refractivity contribution is 5.02. The fraction of sp³-hybridized carbons (Fsp3) is 0.818. The van der Waals surface area contributed by atoms with Crippen molar-refractivity contribution in [1.82, 2.24) is 5.32 Å². The lowest BCUT2D eigenvalue weighted by molar-refractivity contribution is 0.0624. The van der Waals surface area contributed by atoms with E-state index in [0.717, 1.165) is 50.0 Å². The summed E-state index contributed by atoms with van der Waals surface area (Å²) < 4.78 is 11.6. The van der Waals surface area contributed by atoms with Gasteiger partial charge in [0.1, 0.15) is 12.3 Å². The predicted molar refractivity (Wildman–Crippen MR) is 105 cm³/mol. The van der Waals surface area contributed by atoms with Crippen LogP contribution in [0.1, 0.15) is 73.6 Å². The van der Waals surface area contributed by atoms with E-state index in [1.54, 1.807) is 0 Å². The van der Waals surface area contributed by atoms with Crippen LogP contribution in [0.3, 0.4) is 0 Å². The third-order valence-electron chi connectivity index (χ3n) is 5.63. The second kappa shape index (κ2) is 9.12. The first-order chi connectivity index (χ1) is 11.8. The SMILES string of the molecule is CC(NCCC1CC=CO1)OC1=CCC(C(C(C)C)C(C)(C)C)CC1. The Morgan fingerprint density at radius 3 is 2.52 bits per heavy atom. The van der Waals surface area contributed by atoms with E-state index in [-0.39, 0.29) is 6.23 Å². The molecule has 1 aliphatic carbocycles. The molecule has 0 radical (unpaired) electrons. The van der Waals surface area contributed by atoms with Gasteiger partial charge >= 0.3 is 0 Å². The number of rotatable bonds is 8. The van der Waals surface area contributed by atoms with Gasteiger partial charge < -0.3 is 9.47 Å². The Labute approximate surface area is 155 Å². The molecule has 0 aromatic rings. The standard InChI is InChI=1S/C22H39NO2/c1-16(2)21(22(4,5)6)18-9-11-20(12-10-18)25-17(3)23-14-13-19-8-7-15-24-19/h7,11,15-19,21,23H,8-10,12-14H2,1-6H3. The summed E-state index contributed by atoms with van der Waals surface area (Å²) in [6, 6.07) is 0. The van der Waals surface area contributed by atoms with Crippen LogP contribution in [-0.4, -0.2) is 18.9 Å². The van der Waals surface area contributed by atoms with E-state index in [4.69, 9.17) is 9.47 Å². The van der Waals surface area contributed by atoms with Crippen LogP contribution in [0.5, 0.6) is 0 Å². The van der Waals surface area contributed by atoms with Crippen LogP contribution in [0.15, 0.2) is 24.2 Å². The molecule has 4 unspecified atom stereocenters. The average Bonchev–Trinajstić information content (AvgIpc) is 3.00. The van der Waals surface area contributed by atoms with Gasteiger partial charge in [-0.2, -0.15) is 0 Å². The molecule has 3 heteroatoms. The molecule has 0 fully saturated rings. The second-order valence-electron chi connectivity index (χ2n) is 9.21. The lowest BCUT2D eigenvalue weighted by Crippen LogP contribution is -2.34. The molecule has 144 valence electrons. The molecule has 1 aliphatic heterocycles. The molecule has 1 N–H and O–H groups in total. The first-order valence-electron chi connectivity index (χ1n) is 10.2. The third-order valence-corrected chi connectivity index (χ3v) is 5.63.